The lowest BCUT2D eigenvalue weighted by Crippen LogP contribution is -1.97. The molecule has 0 unspecified atom stereocenters. The van der Waals surface area contributed by atoms with E-state index >= 15 is 0 Å². The second-order valence-electron chi connectivity index (χ2n) is 4.25. The average molecular weight is 289 g/mol. The minimum atomic E-state index is -0.391. The molecule has 1 heterocycles. The fourth-order valence-corrected chi connectivity index (χ4v) is 2.11. The molecule has 0 radical (unpaired) electrons. The van der Waals surface area contributed by atoms with Gasteiger partial charge in [0.1, 0.15) is 18.0 Å². The van der Waals surface area contributed by atoms with E-state index in [0.717, 1.165) is 10.9 Å². The van der Waals surface area contributed by atoms with E-state index in [-0.39, 0.29) is 5.02 Å². The molecule has 1 aromatic heterocycles. The molecule has 0 bridgehead atoms. The summed E-state index contributed by atoms with van der Waals surface area (Å²) in [6.07, 6.45) is 1.44. The number of nitrogens with two attached hydrogens (primary N) is 1. The van der Waals surface area contributed by atoms with Crippen LogP contribution in [-0.4, -0.2) is 9.97 Å². The predicted molar refractivity (Wildman–Crippen MR) is 78.6 cm³/mol. The number of hydrogen-bond acceptors (Lipinski definition) is 4. The number of benzene rings is 2. The molecule has 0 saturated carbocycles. The minimum absolute atomic E-state index is 0.278. The minimum Gasteiger partial charge on any atom is -0.399 e. The van der Waals surface area contributed by atoms with Gasteiger partial charge in [0, 0.05) is 11.1 Å². The zero-order valence-corrected chi connectivity index (χ0v) is 11.0. The summed E-state index contributed by atoms with van der Waals surface area (Å²) in [6.45, 7) is 0. The predicted octanol–water partition coefficient (Wildman–Crippen LogP) is 3.75. The molecule has 4 nitrogen and oxygen atoms in total. The van der Waals surface area contributed by atoms with Crippen molar-refractivity contribution in [2.75, 3.05) is 11.1 Å². The van der Waals surface area contributed by atoms with Crippen LogP contribution in [-0.2, 0) is 0 Å². The summed E-state index contributed by atoms with van der Waals surface area (Å²) in [5.41, 5.74) is 7.71. The van der Waals surface area contributed by atoms with Crippen molar-refractivity contribution >= 4 is 39.7 Å². The summed E-state index contributed by atoms with van der Waals surface area (Å²) in [4.78, 5) is 8.34. The van der Waals surface area contributed by atoms with Crippen LogP contribution < -0.4 is 11.1 Å². The third-order valence-corrected chi connectivity index (χ3v) is 3.16. The van der Waals surface area contributed by atoms with Crippen LogP contribution in [0, 0.1) is 5.82 Å². The van der Waals surface area contributed by atoms with Crippen LogP contribution in [0.3, 0.4) is 0 Å². The third kappa shape index (κ3) is 2.35. The highest BCUT2D eigenvalue weighted by molar-refractivity contribution is 6.33. The van der Waals surface area contributed by atoms with Gasteiger partial charge in [-0.1, -0.05) is 11.6 Å². The first-order chi connectivity index (χ1) is 9.63. The van der Waals surface area contributed by atoms with E-state index in [4.69, 9.17) is 17.3 Å². The number of fused-ring (bicyclic) bond motifs is 1. The van der Waals surface area contributed by atoms with Crippen LogP contribution >= 0.6 is 11.6 Å². The molecule has 2 aromatic carbocycles. The van der Waals surface area contributed by atoms with Crippen molar-refractivity contribution in [1.82, 2.24) is 9.97 Å². The van der Waals surface area contributed by atoms with Crippen molar-refractivity contribution < 1.29 is 4.39 Å². The summed E-state index contributed by atoms with van der Waals surface area (Å²) in [6, 6.07) is 9.47. The van der Waals surface area contributed by atoms with Gasteiger partial charge in [-0.15, -0.1) is 0 Å². The van der Waals surface area contributed by atoms with Crippen LogP contribution in [0.5, 0.6) is 0 Å². The summed E-state index contributed by atoms with van der Waals surface area (Å²) in [7, 11) is 0. The van der Waals surface area contributed by atoms with Gasteiger partial charge < -0.3 is 11.1 Å². The molecule has 20 heavy (non-hydrogen) atoms. The van der Waals surface area contributed by atoms with Gasteiger partial charge in [0.2, 0.25) is 0 Å². The van der Waals surface area contributed by atoms with E-state index in [0.29, 0.717) is 17.2 Å². The van der Waals surface area contributed by atoms with Gasteiger partial charge in [0.25, 0.3) is 0 Å². The summed E-state index contributed by atoms with van der Waals surface area (Å²) < 4.78 is 13.0. The maximum absolute atomic E-state index is 13.0. The van der Waals surface area contributed by atoms with E-state index < -0.39 is 5.82 Å². The van der Waals surface area contributed by atoms with Crippen molar-refractivity contribution in [3.05, 3.63) is 53.6 Å². The number of nitrogens with zero attached hydrogens (tertiary/aromatic N) is 2. The largest absolute Gasteiger partial charge is 0.399 e. The van der Waals surface area contributed by atoms with Gasteiger partial charge in [-0.05, 0) is 36.4 Å². The highest BCUT2D eigenvalue weighted by Crippen LogP contribution is 2.29. The van der Waals surface area contributed by atoms with Gasteiger partial charge in [-0.25, -0.2) is 14.4 Å². The molecule has 0 amide bonds. The SMILES string of the molecule is Nc1ccc2ncnc(Nc3ccc(F)cc3Cl)c2c1. The van der Waals surface area contributed by atoms with Crippen molar-refractivity contribution in [3.8, 4) is 0 Å². The number of hydrogen-bond donors (Lipinski definition) is 2. The van der Waals surface area contributed by atoms with Gasteiger partial charge in [-0.2, -0.15) is 0 Å². The lowest BCUT2D eigenvalue weighted by molar-refractivity contribution is 0.628. The van der Waals surface area contributed by atoms with Crippen LogP contribution in [0.2, 0.25) is 5.02 Å². The Labute approximate surface area is 119 Å². The molecule has 0 atom stereocenters. The van der Waals surface area contributed by atoms with Gasteiger partial charge >= 0.3 is 0 Å². The molecule has 6 heteroatoms. The van der Waals surface area contributed by atoms with E-state index in [1.807, 2.05) is 6.07 Å². The molecule has 0 aliphatic carbocycles. The lowest BCUT2D eigenvalue weighted by Gasteiger charge is -2.10. The topological polar surface area (TPSA) is 63.8 Å². The van der Waals surface area contributed by atoms with E-state index in [2.05, 4.69) is 15.3 Å². The normalized spacial score (nSPS) is 10.7. The Morgan fingerprint density at radius 2 is 1.95 bits per heavy atom. The molecule has 3 N–H and O–H groups in total. The molecule has 3 aromatic rings. The Balaban J connectivity index is 2.08. The molecule has 100 valence electrons. The summed E-state index contributed by atoms with van der Waals surface area (Å²) in [5, 5.41) is 4.11. The molecule has 0 fully saturated rings. The average Bonchev–Trinajstić information content (AvgIpc) is 2.42. The highest BCUT2D eigenvalue weighted by Gasteiger charge is 2.07. The smallest absolute Gasteiger partial charge is 0.141 e. The van der Waals surface area contributed by atoms with Gasteiger partial charge in [0.15, 0.2) is 0 Å². The zero-order valence-electron chi connectivity index (χ0n) is 10.3. The molecule has 0 spiro atoms. The van der Waals surface area contributed by atoms with Gasteiger partial charge in [0.05, 0.1) is 16.2 Å². The number of halogens is 2. The highest BCUT2D eigenvalue weighted by atomic mass is 35.5. The molecule has 3 rings (SSSR count). The van der Waals surface area contributed by atoms with Crippen LogP contribution in [0.25, 0.3) is 10.9 Å². The Morgan fingerprint density at radius 1 is 1.10 bits per heavy atom. The zero-order chi connectivity index (χ0) is 14.1. The van der Waals surface area contributed by atoms with Crippen molar-refractivity contribution in [3.63, 3.8) is 0 Å². The quantitative estimate of drug-likeness (QED) is 0.705. The Hall–Kier alpha value is -2.40. The number of nitrogen functional groups attached to an aromatic ring is 1. The first kappa shape index (κ1) is 12.6. The maximum atomic E-state index is 13.0. The fraction of sp³-hybridized carbons (Fsp3) is 0. The van der Waals surface area contributed by atoms with Crippen LogP contribution in [0.15, 0.2) is 42.7 Å². The number of nitrogens with one attached hydrogen (secondary N) is 1. The molecule has 0 aliphatic rings. The van der Waals surface area contributed by atoms with Crippen molar-refractivity contribution in [1.29, 1.82) is 0 Å². The Bertz CT molecular complexity index is 791. The van der Waals surface area contributed by atoms with Crippen molar-refractivity contribution in [2.24, 2.45) is 0 Å². The first-order valence-electron chi connectivity index (χ1n) is 5.86. The van der Waals surface area contributed by atoms with Crippen LogP contribution in [0.1, 0.15) is 0 Å². The maximum Gasteiger partial charge on any atom is 0.141 e. The van der Waals surface area contributed by atoms with E-state index in [1.165, 1.54) is 18.5 Å². The number of anilines is 3. The van der Waals surface area contributed by atoms with Gasteiger partial charge in [-0.3, -0.25) is 0 Å². The molecule has 0 aliphatic heterocycles. The Kier molecular flexibility index (Phi) is 3.12. The lowest BCUT2D eigenvalue weighted by atomic mass is 10.2. The van der Waals surface area contributed by atoms with Crippen molar-refractivity contribution in [2.45, 2.75) is 0 Å². The van der Waals surface area contributed by atoms with E-state index in [9.17, 15) is 4.39 Å². The monoisotopic (exact) mass is 288 g/mol. The second kappa shape index (κ2) is 4.94. The number of rotatable bonds is 2. The molecular formula is C14H10ClFN4. The summed E-state index contributed by atoms with van der Waals surface area (Å²) in [5.74, 6) is 0.174. The molecular weight excluding hydrogens is 279 g/mol. The van der Waals surface area contributed by atoms with Crippen LogP contribution in [0.4, 0.5) is 21.6 Å². The summed E-state index contributed by atoms with van der Waals surface area (Å²) >= 11 is 5.99. The first-order valence-corrected chi connectivity index (χ1v) is 6.23. The third-order valence-electron chi connectivity index (χ3n) is 2.84. The number of aromatic nitrogens is 2. The Morgan fingerprint density at radius 3 is 2.75 bits per heavy atom. The molecule has 0 saturated heterocycles. The fourth-order valence-electron chi connectivity index (χ4n) is 1.89. The second-order valence-corrected chi connectivity index (χ2v) is 4.66. The standard InChI is InChI=1S/C14H10ClFN4/c15-11-5-8(16)1-3-13(11)20-14-10-6-9(17)2-4-12(10)18-7-19-14/h1-7H,17H2,(H,18,19,20). The van der Waals surface area contributed by atoms with E-state index in [1.54, 1.807) is 18.2 Å².